The van der Waals surface area contributed by atoms with Gasteiger partial charge in [0.15, 0.2) is 31.8 Å². The number of hydrogen-bond acceptors (Lipinski definition) is 12. The summed E-state index contributed by atoms with van der Waals surface area (Å²) in [5.74, 6) is -3.34. The van der Waals surface area contributed by atoms with E-state index in [1.54, 1.807) is 56.3 Å². The first-order chi connectivity index (χ1) is 23.7. The fraction of sp³-hybridized carbons (Fsp3) is 0.485. The Bertz CT molecular complexity index is 1890. The maximum absolute atomic E-state index is 13.1. The first-order valence-corrected chi connectivity index (χ1v) is 19.3. The lowest BCUT2D eigenvalue weighted by Crippen LogP contribution is -2.71. The lowest BCUT2D eigenvalue weighted by molar-refractivity contribution is -0.182. The number of nitrogens with one attached hydrogen (secondary N) is 1. The molecule has 8 N–H and O–H groups in total. The van der Waals surface area contributed by atoms with Gasteiger partial charge in [0.2, 0.25) is 24.5 Å². The maximum Gasteiger partial charge on any atom is 0.333 e. The van der Waals surface area contributed by atoms with Gasteiger partial charge in [-0.25, -0.2) is 22.2 Å². The molecular weight excluding hydrogens is 757 g/mol. The number of carbonyl (C=O) groups excluding carboxylic acids is 5. The van der Waals surface area contributed by atoms with Gasteiger partial charge in [-0.1, -0.05) is 48.0 Å². The fourth-order valence-corrected chi connectivity index (χ4v) is 11.2. The summed E-state index contributed by atoms with van der Waals surface area (Å²) in [6, 6.07) is 11.3. The minimum atomic E-state index is -3.90. The Balaban J connectivity index is 0.000000548. The minimum Gasteiger partial charge on any atom is -0.426 e. The van der Waals surface area contributed by atoms with Crippen LogP contribution in [0.15, 0.2) is 59.5 Å². The highest BCUT2D eigenvalue weighted by molar-refractivity contribution is 8.01. The molecule has 20 heteroatoms. The molecule has 6 rings (SSSR count). The Morgan fingerprint density at radius 1 is 0.981 bits per heavy atom. The summed E-state index contributed by atoms with van der Waals surface area (Å²) in [6.07, 6.45) is -0.226. The molecule has 4 aliphatic heterocycles. The average molecular weight is 801 g/mol. The van der Waals surface area contributed by atoms with E-state index in [1.807, 2.05) is 19.1 Å². The van der Waals surface area contributed by atoms with Gasteiger partial charge in [-0.15, -0.1) is 11.8 Å². The number of sulfone groups is 1. The van der Waals surface area contributed by atoms with Gasteiger partial charge in [0.25, 0.3) is 0 Å². The monoisotopic (exact) mass is 800 g/mol. The average Bonchev–Trinajstić information content (AvgIpc) is 3.37. The molecule has 1 unspecified atom stereocenters. The maximum atomic E-state index is 13.1. The topological polar surface area (TPSA) is 283 Å². The van der Waals surface area contributed by atoms with E-state index in [0.717, 1.165) is 10.5 Å². The molecule has 2 aromatic carbocycles. The zero-order valence-corrected chi connectivity index (χ0v) is 32.2. The van der Waals surface area contributed by atoms with Crippen molar-refractivity contribution in [3.8, 4) is 0 Å². The Kier molecular flexibility index (Phi) is 12.7. The van der Waals surface area contributed by atoms with Crippen LogP contribution in [-0.2, 0) is 54.4 Å². The molecule has 0 aromatic heterocycles. The summed E-state index contributed by atoms with van der Waals surface area (Å²) in [6.45, 7) is 8.70. The molecule has 4 fully saturated rings. The third-order valence-electron chi connectivity index (χ3n) is 9.70. The molecule has 2 aromatic rings. The molecule has 53 heavy (non-hydrogen) atoms. The van der Waals surface area contributed by atoms with Crippen LogP contribution in [0.4, 0.5) is 0 Å². The van der Waals surface area contributed by atoms with Gasteiger partial charge in [0.1, 0.15) is 28.2 Å². The number of esters is 2. The second-order valence-electron chi connectivity index (χ2n) is 13.9. The first kappa shape index (κ1) is 43.5. The number of carbonyl (C=O) groups is 5. The summed E-state index contributed by atoms with van der Waals surface area (Å²) in [7, 11) is -3.90. The predicted octanol–water partition coefficient (Wildman–Crippen LogP) is -0.272. The molecule has 0 radical (unpaired) electrons. The van der Waals surface area contributed by atoms with E-state index in [4.69, 9.17) is 19.8 Å². The number of hydrogen-bond donors (Lipinski definition) is 3. The lowest BCUT2D eigenvalue weighted by Gasteiger charge is -2.44. The van der Waals surface area contributed by atoms with Crippen LogP contribution in [0.5, 0.6) is 0 Å². The van der Waals surface area contributed by atoms with Crippen molar-refractivity contribution < 1.29 is 61.6 Å². The summed E-state index contributed by atoms with van der Waals surface area (Å²) in [5.41, 5.74) is 7.73. The second-order valence-corrected chi connectivity index (χ2v) is 19.5. The van der Waals surface area contributed by atoms with Gasteiger partial charge in [-0.05, 0) is 59.2 Å². The SMILES string of the molecule is CC1(C)S[C@@H]2[C@H](NC(=O)[C@H](N)c3ccccc3)C(=O)N2[C@H]1C(=O)OCOC(=O)[C@@H]1N2C(=O)C[C@@]2(C)S(=O)(=O)C1(C)C.Cc1ccc(S(=O)O)cc1.O.O. The molecule has 4 saturated heterocycles. The number of nitrogens with two attached hydrogens (primary N) is 1. The molecule has 0 spiro atoms. The normalized spacial score (nSPS) is 27.7. The number of rotatable bonds is 8. The fourth-order valence-electron chi connectivity index (χ4n) is 6.82. The van der Waals surface area contributed by atoms with E-state index in [2.05, 4.69) is 5.32 Å². The largest absolute Gasteiger partial charge is 0.426 e. The van der Waals surface area contributed by atoms with Gasteiger partial charge in [-0.3, -0.25) is 14.4 Å². The van der Waals surface area contributed by atoms with Crippen molar-refractivity contribution in [3.63, 3.8) is 0 Å². The Hall–Kier alpha value is -3.92. The summed E-state index contributed by atoms with van der Waals surface area (Å²) in [5, 5.41) is 2.14. The quantitative estimate of drug-likeness (QED) is 0.134. The van der Waals surface area contributed by atoms with E-state index >= 15 is 0 Å². The zero-order chi connectivity index (χ0) is 37.8. The van der Waals surface area contributed by atoms with Gasteiger partial charge in [0.05, 0.1) is 11.3 Å². The van der Waals surface area contributed by atoms with E-state index in [0.29, 0.717) is 10.5 Å². The van der Waals surface area contributed by atoms with Gasteiger partial charge in [0, 0.05) is 4.75 Å². The summed E-state index contributed by atoms with van der Waals surface area (Å²) >= 11 is -0.524. The molecule has 0 bridgehead atoms. The van der Waals surface area contributed by atoms with Crippen LogP contribution >= 0.6 is 11.8 Å². The third kappa shape index (κ3) is 7.32. The number of thioether (sulfide) groups is 1. The third-order valence-corrected chi connectivity index (χ3v) is 15.1. The van der Waals surface area contributed by atoms with Crippen LogP contribution < -0.4 is 11.1 Å². The van der Waals surface area contributed by atoms with Crippen molar-refractivity contribution in [1.82, 2.24) is 15.1 Å². The molecule has 7 atom stereocenters. The molecule has 0 aliphatic carbocycles. The number of ether oxygens (including phenoxy) is 2. The van der Waals surface area contributed by atoms with Gasteiger partial charge in [-0.2, -0.15) is 0 Å². The van der Waals surface area contributed by atoms with Crippen molar-refractivity contribution in [2.24, 2.45) is 5.73 Å². The molecule has 292 valence electrons. The number of amides is 3. The molecule has 17 nitrogen and oxygen atoms in total. The first-order valence-electron chi connectivity index (χ1n) is 15.9. The molecule has 4 heterocycles. The standard InChI is InChI=1S/C26H32N4O9S2.C7H8O2S.2H2O/c1-24(2)17(29-20(33)16(21(29)40-24)28-19(32)15(27)13-9-7-6-8-10-13)22(34)38-12-39-23(35)18-25(3,4)41(36,37)26(5)11-14(31)30(18)26;1-6-2-4-7(5-3-6)10(8)9;;/h6-10,15-18,21H,11-12,27H2,1-5H3,(H,28,32);2-5H,1H3,(H,8,9);2*1H2/t15-,16-,17+,18+,21-,26-;;;/m1.../s1. The lowest BCUT2D eigenvalue weighted by atomic mass is 9.94. The Morgan fingerprint density at radius 2 is 1.53 bits per heavy atom. The molecule has 4 aliphatic rings. The van der Waals surface area contributed by atoms with Crippen molar-refractivity contribution in [3.05, 3.63) is 65.7 Å². The van der Waals surface area contributed by atoms with E-state index < -0.39 is 101 Å². The highest BCUT2D eigenvalue weighted by Gasteiger charge is 2.75. The molecular formula is C33H44N4O13S3. The highest BCUT2D eigenvalue weighted by atomic mass is 32.2. The number of benzene rings is 2. The zero-order valence-electron chi connectivity index (χ0n) is 29.7. The van der Waals surface area contributed by atoms with Crippen LogP contribution in [-0.4, -0.2) is 112 Å². The summed E-state index contributed by atoms with van der Waals surface area (Å²) in [4.78, 5) is 65.3. The van der Waals surface area contributed by atoms with Gasteiger partial charge >= 0.3 is 11.9 Å². The highest BCUT2D eigenvalue weighted by Crippen LogP contribution is 2.54. The van der Waals surface area contributed by atoms with Crippen LogP contribution in [0, 0.1) is 6.92 Å². The smallest absolute Gasteiger partial charge is 0.333 e. The second kappa shape index (κ2) is 15.4. The van der Waals surface area contributed by atoms with Gasteiger partial charge < -0.3 is 45.8 Å². The molecule has 3 amide bonds. The number of nitrogens with zero attached hydrogens (tertiary/aromatic N) is 2. The minimum absolute atomic E-state index is 0. The van der Waals surface area contributed by atoms with Crippen LogP contribution in [0.2, 0.25) is 0 Å². The Morgan fingerprint density at radius 3 is 2.06 bits per heavy atom. The number of β-lactam (4-membered cyclic amide) rings is 2. The van der Waals surface area contributed by atoms with Crippen molar-refractivity contribution >= 4 is 62.3 Å². The van der Waals surface area contributed by atoms with E-state index in [-0.39, 0.29) is 17.4 Å². The summed E-state index contributed by atoms with van der Waals surface area (Å²) < 4.78 is 53.0. The Labute approximate surface area is 313 Å². The van der Waals surface area contributed by atoms with Crippen LogP contribution in [0.25, 0.3) is 0 Å². The predicted molar refractivity (Wildman–Crippen MR) is 193 cm³/mol. The van der Waals surface area contributed by atoms with E-state index in [9.17, 15) is 36.6 Å². The van der Waals surface area contributed by atoms with Crippen molar-refractivity contribution in [2.45, 2.75) is 96.8 Å². The van der Waals surface area contributed by atoms with Crippen LogP contribution in [0.1, 0.15) is 58.2 Å². The number of fused-ring (bicyclic) bond motifs is 2. The van der Waals surface area contributed by atoms with E-state index in [1.165, 1.54) is 37.4 Å². The van der Waals surface area contributed by atoms with Crippen molar-refractivity contribution in [1.29, 1.82) is 0 Å². The number of aryl methyl sites for hydroxylation is 1. The van der Waals surface area contributed by atoms with Crippen molar-refractivity contribution in [2.75, 3.05) is 6.79 Å². The van der Waals surface area contributed by atoms with Crippen LogP contribution in [0.3, 0.4) is 0 Å². The molecule has 0 saturated carbocycles.